The third-order valence-corrected chi connectivity index (χ3v) is 7.54. The van der Waals surface area contributed by atoms with Gasteiger partial charge in [0.1, 0.15) is 15.6 Å². The molecular weight excluding hydrogens is 424 g/mol. The molecule has 2 aromatic heterocycles. The molecule has 0 amide bonds. The first-order valence-electron chi connectivity index (χ1n) is 10.8. The minimum atomic E-state index is -0.163. The molecular formula is C25H30N2O2S2. The molecule has 0 spiro atoms. The molecule has 1 aliphatic rings. The van der Waals surface area contributed by atoms with E-state index < -0.39 is 0 Å². The normalized spacial score (nSPS) is 15.1. The number of rotatable bonds is 8. The third kappa shape index (κ3) is 5.13. The number of benzene rings is 1. The SMILES string of the molecule is C=C(C)CSc1nc(-c2ccc(OCCCC)cc2)nc2sc3c(c12)CC(C)(C)OC3. The Kier molecular flexibility index (Phi) is 6.70. The van der Waals surface area contributed by atoms with Gasteiger partial charge in [-0.05, 0) is 57.0 Å². The number of fused-ring (bicyclic) bond motifs is 3. The number of thiophene rings is 1. The Morgan fingerprint density at radius 2 is 2.03 bits per heavy atom. The Bertz CT molecular complexity index is 1090. The van der Waals surface area contributed by atoms with Crippen LogP contribution in [0.3, 0.4) is 0 Å². The second kappa shape index (κ2) is 9.31. The third-order valence-electron chi connectivity index (χ3n) is 5.23. The molecule has 3 heterocycles. The van der Waals surface area contributed by atoms with Crippen molar-refractivity contribution in [1.82, 2.24) is 9.97 Å². The average Bonchev–Trinajstić information content (AvgIpc) is 3.09. The van der Waals surface area contributed by atoms with Gasteiger partial charge in [0.15, 0.2) is 5.82 Å². The minimum absolute atomic E-state index is 0.163. The van der Waals surface area contributed by atoms with Crippen molar-refractivity contribution in [3.8, 4) is 17.1 Å². The van der Waals surface area contributed by atoms with Crippen molar-refractivity contribution in [3.05, 3.63) is 46.9 Å². The Morgan fingerprint density at radius 3 is 2.74 bits per heavy atom. The number of hydrogen-bond acceptors (Lipinski definition) is 6. The quantitative estimate of drug-likeness (QED) is 0.158. The molecule has 0 saturated heterocycles. The molecule has 1 aromatic carbocycles. The number of ether oxygens (including phenoxy) is 2. The molecule has 0 unspecified atom stereocenters. The molecule has 0 radical (unpaired) electrons. The lowest BCUT2D eigenvalue weighted by molar-refractivity contribution is -0.0379. The van der Waals surface area contributed by atoms with Crippen LogP contribution in [0.4, 0.5) is 0 Å². The summed E-state index contributed by atoms with van der Waals surface area (Å²) >= 11 is 3.49. The number of hydrogen-bond donors (Lipinski definition) is 0. The van der Waals surface area contributed by atoms with E-state index in [9.17, 15) is 0 Å². The summed E-state index contributed by atoms with van der Waals surface area (Å²) in [6.45, 7) is 14.0. The van der Waals surface area contributed by atoms with Crippen molar-refractivity contribution in [1.29, 1.82) is 0 Å². The first-order chi connectivity index (χ1) is 14.9. The smallest absolute Gasteiger partial charge is 0.162 e. The maximum atomic E-state index is 6.06. The Labute approximate surface area is 193 Å². The molecule has 31 heavy (non-hydrogen) atoms. The van der Waals surface area contributed by atoms with E-state index in [-0.39, 0.29) is 5.60 Å². The fourth-order valence-electron chi connectivity index (χ4n) is 3.57. The fourth-order valence-corrected chi connectivity index (χ4v) is 5.64. The summed E-state index contributed by atoms with van der Waals surface area (Å²) in [6, 6.07) is 8.12. The van der Waals surface area contributed by atoms with Gasteiger partial charge in [0.2, 0.25) is 0 Å². The highest BCUT2D eigenvalue weighted by Crippen LogP contribution is 2.42. The molecule has 6 heteroatoms. The molecule has 4 nitrogen and oxygen atoms in total. The molecule has 0 fully saturated rings. The van der Waals surface area contributed by atoms with Gasteiger partial charge < -0.3 is 9.47 Å². The summed E-state index contributed by atoms with van der Waals surface area (Å²) in [5.74, 6) is 2.50. The number of aromatic nitrogens is 2. The van der Waals surface area contributed by atoms with Crippen LogP contribution in [0.2, 0.25) is 0 Å². The van der Waals surface area contributed by atoms with E-state index in [1.807, 2.05) is 12.1 Å². The maximum Gasteiger partial charge on any atom is 0.162 e. The van der Waals surface area contributed by atoms with Gasteiger partial charge in [-0.25, -0.2) is 9.97 Å². The van der Waals surface area contributed by atoms with E-state index in [0.717, 1.165) is 64.2 Å². The van der Waals surface area contributed by atoms with Crippen LogP contribution in [0.25, 0.3) is 21.6 Å². The molecule has 3 aromatic rings. The van der Waals surface area contributed by atoms with Crippen LogP contribution in [0.1, 0.15) is 51.0 Å². The lowest BCUT2D eigenvalue weighted by atomic mass is 9.94. The van der Waals surface area contributed by atoms with Crippen molar-refractivity contribution >= 4 is 33.3 Å². The van der Waals surface area contributed by atoms with Crippen molar-refractivity contribution < 1.29 is 9.47 Å². The predicted molar refractivity (Wildman–Crippen MR) is 131 cm³/mol. The van der Waals surface area contributed by atoms with Gasteiger partial charge in [-0.2, -0.15) is 0 Å². The fraction of sp³-hybridized carbons (Fsp3) is 0.440. The van der Waals surface area contributed by atoms with E-state index in [1.54, 1.807) is 23.1 Å². The lowest BCUT2D eigenvalue weighted by Crippen LogP contribution is -2.31. The van der Waals surface area contributed by atoms with Gasteiger partial charge >= 0.3 is 0 Å². The van der Waals surface area contributed by atoms with Crippen molar-refractivity contribution in [3.63, 3.8) is 0 Å². The molecule has 0 atom stereocenters. The van der Waals surface area contributed by atoms with E-state index in [0.29, 0.717) is 6.61 Å². The van der Waals surface area contributed by atoms with E-state index in [2.05, 4.69) is 46.4 Å². The molecule has 0 aliphatic carbocycles. The largest absolute Gasteiger partial charge is 0.494 e. The van der Waals surface area contributed by atoms with Crippen molar-refractivity contribution in [2.75, 3.05) is 12.4 Å². The summed E-state index contributed by atoms with van der Waals surface area (Å²) in [5.41, 5.74) is 3.33. The van der Waals surface area contributed by atoms with Crippen LogP contribution < -0.4 is 4.74 Å². The van der Waals surface area contributed by atoms with Crippen LogP contribution in [0, 0.1) is 0 Å². The predicted octanol–water partition coefficient (Wildman–Crippen LogP) is 7.06. The zero-order valence-electron chi connectivity index (χ0n) is 18.8. The summed E-state index contributed by atoms with van der Waals surface area (Å²) in [7, 11) is 0. The van der Waals surface area contributed by atoms with Gasteiger partial charge in [-0.3, -0.25) is 0 Å². The highest BCUT2D eigenvalue weighted by atomic mass is 32.2. The van der Waals surface area contributed by atoms with Crippen LogP contribution >= 0.6 is 23.1 Å². The van der Waals surface area contributed by atoms with Gasteiger partial charge in [-0.15, -0.1) is 23.1 Å². The summed E-state index contributed by atoms with van der Waals surface area (Å²) in [5, 5.41) is 2.24. The van der Waals surface area contributed by atoms with Crippen LogP contribution in [-0.4, -0.2) is 27.9 Å². The van der Waals surface area contributed by atoms with Crippen molar-refractivity contribution in [2.24, 2.45) is 0 Å². The highest BCUT2D eigenvalue weighted by molar-refractivity contribution is 7.99. The molecule has 0 N–H and O–H groups in total. The maximum absolute atomic E-state index is 6.06. The molecule has 164 valence electrons. The highest BCUT2D eigenvalue weighted by Gasteiger charge is 2.31. The minimum Gasteiger partial charge on any atom is -0.494 e. The Hall–Kier alpha value is -1.89. The standard InChI is InChI=1S/C25H30N2O2S2/c1-6-7-12-28-18-10-8-17(9-11-18)22-26-23(30-15-16(2)3)21-19-13-25(4,5)29-14-20(19)31-24(21)27-22/h8-11H,2,6-7,12-15H2,1,3-5H3. The number of nitrogens with zero attached hydrogens (tertiary/aromatic N) is 2. The monoisotopic (exact) mass is 454 g/mol. The molecule has 4 rings (SSSR count). The van der Waals surface area contributed by atoms with Gasteiger partial charge in [0.05, 0.1) is 18.8 Å². The van der Waals surface area contributed by atoms with Gasteiger partial charge in [0.25, 0.3) is 0 Å². The summed E-state index contributed by atoms with van der Waals surface area (Å²) in [6.07, 6.45) is 3.08. The number of unbranched alkanes of at least 4 members (excludes halogenated alkanes) is 1. The molecule has 0 saturated carbocycles. The van der Waals surface area contributed by atoms with Gasteiger partial charge in [0, 0.05) is 28.0 Å². The second-order valence-electron chi connectivity index (χ2n) is 8.73. The van der Waals surface area contributed by atoms with Crippen LogP contribution in [0.15, 0.2) is 41.4 Å². The Morgan fingerprint density at radius 1 is 1.26 bits per heavy atom. The zero-order valence-corrected chi connectivity index (χ0v) is 20.4. The zero-order chi connectivity index (χ0) is 22.0. The van der Waals surface area contributed by atoms with Crippen molar-refractivity contribution in [2.45, 2.75) is 64.2 Å². The van der Waals surface area contributed by atoms with E-state index in [1.165, 1.54) is 15.8 Å². The first kappa shape index (κ1) is 22.3. The first-order valence-corrected chi connectivity index (χ1v) is 12.6. The van der Waals surface area contributed by atoms with E-state index >= 15 is 0 Å². The topological polar surface area (TPSA) is 44.2 Å². The lowest BCUT2D eigenvalue weighted by Gasteiger charge is -2.30. The second-order valence-corrected chi connectivity index (χ2v) is 10.8. The Balaban J connectivity index is 1.72. The van der Waals surface area contributed by atoms with Gasteiger partial charge in [-0.1, -0.05) is 25.5 Å². The van der Waals surface area contributed by atoms with Crippen LogP contribution in [-0.2, 0) is 17.8 Å². The average molecular weight is 455 g/mol. The molecule has 1 aliphatic heterocycles. The summed E-state index contributed by atoms with van der Waals surface area (Å²) in [4.78, 5) is 12.3. The van der Waals surface area contributed by atoms with Crippen LogP contribution in [0.5, 0.6) is 5.75 Å². The molecule has 0 bridgehead atoms. The summed E-state index contributed by atoms with van der Waals surface area (Å²) < 4.78 is 11.9. The number of thioether (sulfide) groups is 1. The van der Waals surface area contributed by atoms with E-state index in [4.69, 9.17) is 19.4 Å².